The van der Waals surface area contributed by atoms with Crippen molar-refractivity contribution in [2.45, 2.75) is 35.3 Å². The number of carboxylic acid groups (broad SMARTS) is 1. The third kappa shape index (κ3) is 1.18. The van der Waals surface area contributed by atoms with Crippen LogP contribution in [-0.4, -0.2) is 14.3 Å². The summed E-state index contributed by atoms with van der Waals surface area (Å²) in [4.78, 5) is 11.6. The molecule has 1 N–H and O–H groups in total. The summed E-state index contributed by atoms with van der Waals surface area (Å²) >= 11 is 7.35. The average molecular weight is 338 g/mol. The molecule has 4 rings (SSSR count). The summed E-state index contributed by atoms with van der Waals surface area (Å²) < 4.78 is -0.355. The minimum Gasteiger partial charge on any atom is -0.481 e. The summed E-state index contributed by atoms with van der Waals surface area (Å²) in [7, 11) is 0. The van der Waals surface area contributed by atoms with Crippen LogP contribution in [0.5, 0.6) is 0 Å². The zero-order valence-electron chi connectivity index (χ0n) is 8.38. The Balaban J connectivity index is 2.08. The third-order valence-corrected chi connectivity index (χ3v) is 7.55. The van der Waals surface area contributed by atoms with E-state index >= 15 is 0 Å². The van der Waals surface area contributed by atoms with Gasteiger partial charge in [0, 0.05) is 0 Å². The van der Waals surface area contributed by atoms with Gasteiger partial charge in [0.15, 0.2) is 0 Å². The molecule has 0 aromatic rings. The Hall–Kier alpha value is 0.430. The highest BCUT2D eigenvalue weighted by atomic mass is 79.9. The van der Waals surface area contributed by atoms with Gasteiger partial charge in [0.25, 0.3) is 0 Å². The van der Waals surface area contributed by atoms with Gasteiger partial charge in [-0.1, -0.05) is 31.9 Å². The highest BCUT2D eigenvalue weighted by Crippen LogP contribution is 2.69. The van der Waals surface area contributed by atoms with E-state index in [9.17, 15) is 9.90 Å². The van der Waals surface area contributed by atoms with Crippen LogP contribution in [0.4, 0.5) is 0 Å². The molecular formula is C11H14Br2O2. The maximum absolute atomic E-state index is 11.6. The Kier molecular flexibility index (Phi) is 2.12. The molecule has 0 amide bonds. The monoisotopic (exact) mass is 336 g/mol. The average Bonchev–Trinajstić information content (AvgIpc) is 2.13. The molecule has 4 heteroatoms. The summed E-state index contributed by atoms with van der Waals surface area (Å²) in [6.07, 6.45) is 5.36. The lowest BCUT2D eigenvalue weighted by molar-refractivity contribution is -0.164. The zero-order chi connectivity index (χ0) is 10.8. The Morgan fingerprint density at radius 3 is 2.13 bits per heavy atom. The Bertz CT molecular complexity index is 313. The number of carboxylic acids is 1. The number of alkyl halides is 2. The minimum absolute atomic E-state index is 0.355. The van der Waals surface area contributed by atoms with Crippen molar-refractivity contribution >= 4 is 37.8 Å². The summed E-state index contributed by atoms with van der Waals surface area (Å²) in [5, 5.41) is 9.55. The van der Waals surface area contributed by atoms with Crippen LogP contribution in [-0.2, 0) is 4.79 Å². The first-order valence-corrected chi connectivity index (χ1v) is 7.15. The molecule has 0 saturated heterocycles. The van der Waals surface area contributed by atoms with Gasteiger partial charge in [-0.3, -0.25) is 4.79 Å². The molecule has 4 atom stereocenters. The quantitative estimate of drug-likeness (QED) is 0.745. The molecule has 2 nitrogen and oxygen atoms in total. The summed E-state index contributed by atoms with van der Waals surface area (Å²) in [5.74, 6) is 1.19. The number of carbonyl (C=O) groups is 1. The van der Waals surface area contributed by atoms with Crippen molar-refractivity contribution in [3.05, 3.63) is 0 Å². The second kappa shape index (κ2) is 3.00. The van der Waals surface area contributed by atoms with E-state index in [1.165, 1.54) is 19.3 Å². The van der Waals surface area contributed by atoms with E-state index in [1.807, 2.05) is 0 Å². The predicted molar refractivity (Wildman–Crippen MR) is 64.2 cm³/mol. The van der Waals surface area contributed by atoms with Crippen molar-refractivity contribution in [3.63, 3.8) is 0 Å². The summed E-state index contributed by atoms with van der Waals surface area (Å²) in [6, 6.07) is 0. The van der Waals surface area contributed by atoms with E-state index in [-0.39, 0.29) is 3.23 Å². The van der Waals surface area contributed by atoms with Crippen molar-refractivity contribution in [1.82, 2.24) is 0 Å². The summed E-state index contributed by atoms with van der Waals surface area (Å²) in [6.45, 7) is 0. The first-order chi connectivity index (χ1) is 6.96. The van der Waals surface area contributed by atoms with E-state index in [0.29, 0.717) is 17.8 Å². The van der Waals surface area contributed by atoms with Crippen LogP contribution in [0.25, 0.3) is 0 Å². The van der Waals surface area contributed by atoms with Crippen molar-refractivity contribution in [1.29, 1.82) is 0 Å². The molecule has 4 bridgehead atoms. The number of hydrogen-bond acceptors (Lipinski definition) is 1. The zero-order valence-corrected chi connectivity index (χ0v) is 11.6. The molecule has 4 aliphatic carbocycles. The third-order valence-electron chi connectivity index (χ3n) is 4.74. The van der Waals surface area contributed by atoms with Gasteiger partial charge >= 0.3 is 5.97 Å². The molecule has 0 spiro atoms. The fourth-order valence-electron chi connectivity index (χ4n) is 4.24. The van der Waals surface area contributed by atoms with E-state index in [4.69, 9.17) is 0 Å². The van der Waals surface area contributed by atoms with Crippen molar-refractivity contribution in [2.24, 2.45) is 23.2 Å². The molecule has 4 saturated carbocycles. The number of aliphatic carboxylic acids is 1. The molecule has 0 aliphatic heterocycles. The molecule has 0 heterocycles. The normalized spacial score (nSPS) is 50.7. The Morgan fingerprint density at radius 2 is 1.67 bits per heavy atom. The fraction of sp³-hybridized carbons (Fsp3) is 0.909. The minimum atomic E-state index is -0.615. The lowest BCUT2D eigenvalue weighted by Crippen LogP contribution is -2.61. The highest BCUT2D eigenvalue weighted by molar-refractivity contribution is 9.25. The number of hydrogen-bond donors (Lipinski definition) is 1. The van der Waals surface area contributed by atoms with Crippen LogP contribution in [0.15, 0.2) is 0 Å². The molecule has 4 aliphatic rings. The van der Waals surface area contributed by atoms with Crippen LogP contribution in [0, 0.1) is 23.2 Å². The highest BCUT2D eigenvalue weighted by Gasteiger charge is 2.67. The van der Waals surface area contributed by atoms with Gasteiger partial charge in [-0.15, -0.1) is 0 Å². The Labute approximate surface area is 106 Å². The first-order valence-electron chi connectivity index (χ1n) is 5.57. The van der Waals surface area contributed by atoms with Gasteiger partial charge in [0.2, 0.25) is 0 Å². The van der Waals surface area contributed by atoms with E-state index in [2.05, 4.69) is 31.9 Å². The second-order valence-electron chi connectivity index (χ2n) is 5.55. The van der Waals surface area contributed by atoms with E-state index in [1.54, 1.807) is 0 Å². The van der Waals surface area contributed by atoms with Crippen LogP contribution < -0.4 is 0 Å². The summed E-state index contributed by atoms with van der Waals surface area (Å²) in [5.41, 5.74) is -0.554. The van der Waals surface area contributed by atoms with Gasteiger partial charge in [-0.05, 0) is 49.9 Å². The van der Waals surface area contributed by atoms with E-state index in [0.717, 1.165) is 12.8 Å². The first kappa shape index (κ1) is 10.6. The molecule has 2 unspecified atom stereocenters. The van der Waals surface area contributed by atoms with Gasteiger partial charge in [-0.2, -0.15) is 0 Å². The fourth-order valence-corrected chi connectivity index (χ4v) is 5.98. The second-order valence-corrected chi connectivity index (χ2v) is 9.12. The molecule has 0 aromatic carbocycles. The maximum Gasteiger partial charge on any atom is 0.311 e. The topological polar surface area (TPSA) is 37.3 Å². The van der Waals surface area contributed by atoms with Crippen molar-refractivity contribution in [3.8, 4) is 0 Å². The number of rotatable bonds is 1. The molecule has 0 aromatic heterocycles. The van der Waals surface area contributed by atoms with Crippen molar-refractivity contribution in [2.75, 3.05) is 0 Å². The van der Waals surface area contributed by atoms with Crippen LogP contribution in [0.2, 0.25) is 0 Å². The standard InChI is InChI=1S/C11H14Br2O2/c12-11(13)8-2-6-1-7(3-8)5-10(11,4-6)9(14)15/h6-8H,1-5H2,(H,14,15)/t6-,7+,8?,10?. The van der Waals surface area contributed by atoms with E-state index < -0.39 is 11.4 Å². The lowest BCUT2D eigenvalue weighted by atomic mass is 9.49. The number of halogens is 2. The molecule has 84 valence electrons. The Morgan fingerprint density at radius 1 is 1.13 bits per heavy atom. The van der Waals surface area contributed by atoms with Crippen LogP contribution >= 0.6 is 31.9 Å². The predicted octanol–water partition coefficient (Wildman–Crippen LogP) is 3.38. The van der Waals surface area contributed by atoms with Gasteiger partial charge in [-0.25, -0.2) is 0 Å². The van der Waals surface area contributed by atoms with Crippen LogP contribution in [0.3, 0.4) is 0 Å². The smallest absolute Gasteiger partial charge is 0.311 e. The SMILES string of the molecule is O=C(O)C12C[C@@H]3CC(C[C@@H](C3)C1)C2(Br)Br. The largest absolute Gasteiger partial charge is 0.481 e. The lowest BCUT2D eigenvalue weighted by Gasteiger charge is -2.61. The van der Waals surface area contributed by atoms with Crippen LogP contribution in [0.1, 0.15) is 32.1 Å². The molecule has 0 radical (unpaired) electrons. The van der Waals surface area contributed by atoms with Gasteiger partial charge in [0.1, 0.15) is 0 Å². The molecule has 4 fully saturated rings. The maximum atomic E-state index is 11.6. The van der Waals surface area contributed by atoms with Gasteiger partial charge in [0.05, 0.1) is 8.65 Å². The molecule has 15 heavy (non-hydrogen) atoms. The molecular weight excluding hydrogens is 324 g/mol. The van der Waals surface area contributed by atoms with Gasteiger partial charge < -0.3 is 5.11 Å². The van der Waals surface area contributed by atoms with Crippen molar-refractivity contribution < 1.29 is 9.90 Å².